The Balaban J connectivity index is 1.41. The molecule has 152 valence electrons. The predicted molar refractivity (Wildman–Crippen MR) is 111 cm³/mol. The van der Waals surface area contributed by atoms with Crippen LogP contribution in [0.2, 0.25) is 5.02 Å². The maximum absolute atomic E-state index is 13.9. The molecule has 30 heavy (non-hydrogen) atoms. The molecule has 1 saturated heterocycles. The summed E-state index contributed by atoms with van der Waals surface area (Å²) < 4.78 is 19.3. The van der Waals surface area contributed by atoms with Crippen molar-refractivity contribution in [3.05, 3.63) is 72.2 Å². The van der Waals surface area contributed by atoms with Gasteiger partial charge >= 0.3 is 6.01 Å². The second-order valence-electron chi connectivity index (χ2n) is 6.64. The number of carbonyl (C=O) groups is 1. The third-order valence-electron chi connectivity index (χ3n) is 4.47. The van der Waals surface area contributed by atoms with Crippen LogP contribution < -0.4 is 10.1 Å². The number of rotatable bonds is 7. The van der Waals surface area contributed by atoms with Crippen LogP contribution in [0.1, 0.15) is 0 Å². The topological polar surface area (TPSA) is 80.2 Å². The third kappa shape index (κ3) is 4.55. The van der Waals surface area contributed by atoms with E-state index < -0.39 is 5.82 Å². The molecule has 1 fully saturated rings. The van der Waals surface area contributed by atoms with Gasteiger partial charge in [-0.3, -0.25) is 9.78 Å². The van der Waals surface area contributed by atoms with Crippen LogP contribution in [0.3, 0.4) is 0 Å². The molecule has 7 nitrogen and oxygen atoms in total. The van der Waals surface area contributed by atoms with Crippen LogP contribution in [0, 0.1) is 5.82 Å². The van der Waals surface area contributed by atoms with Crippen molar-refractivity contribution in [2.24, 2.45) is 0 Å². The second-order valence-corrected chi connectivity index (χ2v) is 7.05. The summed E-state index contributed by atoms with van der Waals surface area (Å²) in [6, 6.07) is 6.71. The molecule has 0 spiro atoms. The van der Waals surface area contributed by atoms with E-state index in [9.17, 15) is 9.18 Å². The van der Waals surface area contributed by atoms with E-state index in [-0.39, 0.29) is 22.8 Å². The first-order valence-electron chi connectivity index (χ1n) is 9.14. The quantitative estimate of drug-likeness (QED) is 0.453. The summed E-state index contributed by atoms with van der Waals surface area (Å²) in [5.74, 6) is -0.702. The zero-order valence-electron chi connectivity index (χ0n) is 15.7. The summed E-state index contributed by atoms with van der Waals surface area (Å²) in [5.41, 5.74) is 2.45. The van der Waals surface area contributed by atoms with E-state index in [0.717, 1.165) is 36.2 Å². The lowest BCUT2D eigenvalue weighted by atomic mass is 10.1. The fraction of sp³-hybridized carbons (Fsp3) is 0.143. The van der Waals surface area contributed by atoms with Crippen LogP contribution in [-0.2, 0) is 4.79 Å². The Kier molecular flexibility index (Phi) is 5.85. The Morgan fingerprint density at radius 2 is 1.97 bits per heavy atom. The molecule has 1 aliphatic heterocycles. The van der Waals surface area contributed by atoms with Crippen molar-refractivity contribution in [3.63, 3.8) is 0 Å². The molecule has 0 aliphatic carbocycles. The summed E-state index contributed by atoms with van der Waals surface area (Å²) in [6.07, 6.45) is 10.6. The number of likely N-dealkylation sites (tertiary alicyclic amines) is 1. The molecular weight excluding hydrogens is 409 g/mol. The molecule has 0 saturated carbocycles. The van der Waals surface area contributed by atoms with Crippen LogP contribution in [0.15, 0.2) is 61.3 Å². The number of ether oxygens (including phenoxy) is 1. The molecule has 0 atom stereocenters. The van der Waals surface area contributed by atoms with E-state index in [0.29, 0.717) is 0 Å². The van der Waals surface area contributed by atoms with E-state index in [1.54, 1.807) is 37.1 Å². The summed E-state index contributed by atoms with van der Waals surface area (Å²) in [7, 11) is 0. The van der Waals surface area contributed by atoms with Crippen molar-refractivity contribution in [2.45, 2.75) is 6.04 Å². The van der Waals surface area contributed by atoms with Crippen LogP contribution in [0.5, 0.6) is 11.8 Å². The lowest BCUT2D eigenvalue weighted by molar-refractivity contribution is -0.104. The van der Waals surface area contributed by atoms with E-state index in [1.165, 1.54) is 18.2 Å². The molecule has 1 aliphatic rings. The van der Waals surface area contributed by atoms with Gasteiger partial charge in [-0.2, -0.15) is 0 Å². The first-order chi connectivity index (χ1) is 14.6. The molecule has 0 unspecified atom stereocenters. The van der Waals surface area contributed by atoms with E-state index in [1.807, 2.05) is 11.0 Å². The van der Waals surface area contributed by atoms with Crippen LogP contribution in [0.25, 0.3) is 11.1 Å². The number of allylic oxidation sites excluding steroid dienone is 1. The largest absolute Gasteiger partial charge is 0.421 e. The highest BCUT2D eigenvalue weighted by Crippen LogP contribution is 2.28. The summed E-state index contributed by atoms with van der Waals surface area (Å²) in [5, 5.41) is 3.37. The number of benzene rings is 1. The van der Waals surface area contributed by atoms with Crippen molar-refractivity contribution in [1.82, 2.24) is 19.9 Å². The lowest BCUT2D eigenvalue weighted by Crippen LogP contribution is -2.51. The highest BCUT2D eigenvalue weighted by atomic mass is 35.5. The zero-order chi connectivity index (χ0) is 20.9. The smallest absolute Gasteiger partial charge is 0.321 e. The molecule has 0 bridgehead atoms. The SMILES string of the molecule is O=CC=CN1CC(Nc2cncc(-c3cnc(Oc4cccc(Cl)c4F)nc3)c2)C1. The van der Waals surface area contributed by atoms with Gasteiger partial charge in [0, 0.05) is 55.2 Å². The van der Waals surface area contributed by atoms with E-state index >= 15 is 0 Å². The molecule has 9 heteroatoms. The van der Waals surface area contributed by atoms with Gasteiger partial charge in [-0.05, 0) is 24.3 Å². The van der Waals surface area contributed by atoms with Gasteiger partial charge in [0.2, 0.25) is 0 Å². The fourth-order valence-electron chi connectivity index (χ4n) is 2.97. The van der Waals surface area contributed by atoms with Crippen LogP contribution >= 0.6 is 11.6 Å². The molecule has 4 rings (SSSR count). The minimum Gasteiger partial charge on any atom is -0.421 e. The van der Waals surface area contributed by atoms with Gasteiger partial charge in [0.05, 0.1) is 16.8 Å². The molecule has 0 amide bonds. The number of aromatic nitrogens is 3. The van der Waals surface area contributed by atoms with Gasteiger partial charge in [0.25, 0.3) is 0 Å². The average molecular weight is 426 g/mol. The minimum atomic E-state index is -0.661. The van der Waals surface area contributed by atoms with Crippen molar-refractivity contribution in [3.8, 4) is 22.9 Å². The number of nitrogens with one attached hydrogen (secondary N) is 1. The second kappa shape index (κ2) is 8.87. The number of halogens is 2. The van der Waals surface area contributed by atoms with Crippen molar-refractivity contribution in [2.75, 3.05) is 18.4 Å². The van der Waals surface area contributed by atoms with Gasteiger partial charge in [0.1, 0.15) is 6.29 Å². The van der Waals surface area contributed by atoms with Gasteiger partial charge in [-0.25, -0.2) is 14.4 Å². The standard InChI is InChI=1S/C21H17ClFN5O2/c22-18-3-1-4-19(20(18)23)30-21-25-9-15(10-26-21)14-7-16(11-24-8-14)27-17-12-28(13-17)5-2-6-29/h1-11,17,27H,12-13H2. The van der Waals surface area contributed by atoms with E-state index in [2.05, 4.69) is 20.3 Å². The Labute approximate surface area is 177 Å². The summed E-state index contributed by atoms with van der Waals surface area (Å²) >= 11 is 5.75. The number of hydrogen-bond donors (Lipinski definition) is 1. The Morgan fingerprint density at radius 3 is 2.73 bits per heavy atom. The normalized spacial score (nSPS) is 13.9. The number of aldehydes is 1. The van der Waals surface area contributed by atoms with Crippen molar-refractivity contribution in [1.29, 1.82) is 0 Å². The maximum Gasteiger partial charge on any atom is 0.321 e. The lowest BCUT2D eigenvalue weighted by Gasteiger charge is -2.39. The first-order valence-corrected chi connectivity index (χ1v) is 9.52. The van der Waals surface area contributed by atoms with Gasteiger partial charge in [0.15, 0.2) is 11.6 Å². The Hall–Kier alpha value is -3.52. The first kappa shape index (κ1) is 19.8. The molecule has 1 N–H and O–H groups in total. The van der Waals surface area contributed by atoms with Crippen LogP contribution in [-0.4, -0.2) is 45.3 Å². The van der Waals surface area contributed by atoms with Crippen LogP contribution in [0.4, 0.5) is 10.1 Å². The molecule has 0 radical (unpaired) electrons. The molecule has 2 aromatic heterocycles. The van der Waals surface area contributed by atoms with Crippen molar-refractivity contribution < 1.29 is 13.9 Å². The van der Waals surface area contributed by atoms with Crippen molar-refractivity contribution >= 4 is 23.6 Å². The predicted octanol–water partition coefficient (Wildman–Crippen LogP) is 3.93. The van der Waals surface area contributed by atoms with Gasteiger partial charge in [-0.1, -0.05) is 17.7 Å². The molecule has 1 aromatic carbocycles. The molecular formula is C21H17ClFN5O2. The molecule has 3 aromatic rings. The van der Waals surface area contributed by atoms with Gasteiger partial charge in [-0.15, -0.1) is 0 Å². The number of anilines is 1. The highest BCUT2D eigenvalue weighted by Gasteiger charge is 2.23. The van der Waals surface area contributed by atoms with E-state index in [4.69, 9.17) is 16.3 Å². The Bertz CT molecular complexity index is 1070. The number of hydrogen-bond acceptors (Lipinski definition) is 7. The third-order valence-corrected chi connectivity index (χ3v) is 4.77. The number of pyridine rings is 1. The Morgan fingerprint density at radius 1 is 1.17 bits per heavy atom. The number of nitrogens with zero attached hydrogens (tertiary/aromatic N) is 4. The molecule has 3 heterocycles. The summed E-state index contributed by atoms with van der Waals surface area (Å²) in [4.78, 5) is 25.0. The minimum absolute atomic E-state index is 0.0140. The zero-order valence-corrected chi connectivity index (χ0v) is 16.5. The fourth-order valence-corrected chi connectivity index (χ4v) is 3.14. The average Bonchev–Trinajstić information content (AvgIpc) is 2.74. The summed E-state index contributed by atoms with van der Waals surface area (Å²) in [6.45, 7) is 1.62. The highest BCUT2D eigenvalue weighted by molar-refractivity contribution is 6.30. The number of carbonyl (C=O) groups excluding carboxylic acids is 1. The van der Waals surface area contributed by atoms with Gasteiger partial charge < -0.3 is 15.0 Å². The maximum atomic E-state index is 13.9. The monoisotopic (exact) mass is 425 g/mol.